The van der Waals surface area contributed by atoms with Crippen molar-refractivity contribution in [2.75, 3.05) is 0 Å². The van der Waals surface area contributed by atoms with Crippen molar-refractivity contribution in [2.24, 2.45) is 5.92 Å². The Hall–Kier alpha value is -0.790. The summed E-state index contributed by atoms with van der Waals surface area (Å²) in [6, 6.07) is 0. The molecule has 0 radical (unpaired) electrons. The van der Waals surface area contributed by atoms with Crippen molar-refractivity contribution in [3.05, 3.63) is 12.2 Å². The van der Waals surface area contributed by atoms with E-state index in [1.165, 1.54) is 44.6 Å². The highest BCUT2D eigenvalue weighted by molar-refractivity contribution is 5.79. The van der Waals surface area contributed by atoms with Crippen molar-refractivity contribution in [2.45, 2.75) is 38.5 Å². The second kappa shape index (κ2) is 4.96. The molecule has 12 heavy (non-hydrogen) atoms. The van der Waals surface area contributed by atoms with Crippen molar-refractivity contribution in [3.63, 3.8) is 0 Å². The predicted octanol–water partition coefficient (Wildman–Crippen LogP) is 2.60. The van der Waals surface area contributed by atoms with Crippen LogP contribution >= 0.6 is 0 Å². The first kappa shape index (κ1) is 9.30. The number of aliphatic carboxylic acids is 1. The molecule has 0 aromatic carbocycles. The van der Waals surface area contributed by atoms with E-state index in [0.29, 0.717) is 5.92 Å². The van der Waals surface area contributed by atoms with E-state index in [0.717, 1.165) is 0 Å². The lowest BCUT2D eigenvalue weighted by molar-refractivity contribution is -0.131. The SMILES string of the molecule is O=C(O)/C=C\C1CCCCCC1. The molecule has 0 aromatic rings. The first-order valence-corrected chi connectivity index (χ1v) is 4.70. The van der Waals surface area contributed by atoms with E-state index < -0.39 is 5.97 Å². The van der Waals surface area contributed by atoms with Crippen LogP contribution in [-0.2, 0) is 4.79 Å². The van der Waals surface area contributed by atoms with Gasteiger partial charge in [-0.25, -0.2) is 4.79 Å². The molecule has 1 fully saturated rings. The molecule has 0 atom stereocenters. The summed E-state index contributed by atoms with van der Waals surface area (Å²) in [6.07, 6.45) is 10.6. The zero-order valence-electron chi connectivity index (χ0n) is 7.33. The zero-order chi connectivity index (χ0) is 8.81. The van der Waals surface area contributed by atoms with Gasteiger partial charge in [0, 0.05) is 6.08 Å². The molecule has 0 aromatic heterocycles. The van der Waals surface area contributed by atoms with Gasteiger partial charge in [-0.2, -0.15) is 0 Å². The molecule has 1 rings (SSSR count). The average molecular weight is 168 g/mol. The molecule has 0 heterocycles. The fourth-order valence-electron chi connectivity index (χ4n) is 1.72. The van der Waals surface area contributed by atoms with Gasteiger partial charge in [0.2, 0.25) is 0 Å². The number of hydrogen-bond donors (Lipinski definition) is 1. The quantitative estimate of drug-likeness (QED) is 0.508. The number of carbonyl (C=O) groups is 1. The van der Waals surface area contributed by atoms with Crippen LogP contribution in [0.25, 0.3) is 0 Å². The first-order chi connectivity index (χ1) is 5.79. The molecule has 2 heteroatoms. The van der Waals surface area contributed by atoms with Crippen LogP contribution in [0.3, 0.4) is 0 Å². The Balaban J connectivity index is 2.34. The van der Waals surface area contributed by atoms with Crippen LogP contribution in [0.15, 0.2) is 12.2 Å². The van der Waals surface area contributed by atoms with Gasteiger partial charge in [-0.3, -0.25) is 0 Å². The summed E-state index contributed by atoms with van der Waals surface area (Å²) in [5, 5.41) is 8.43. The van der Waals surface area contributed by atoms with E-state index in [1.807, 2.05) is 6.08 Å². The maximum Gasteiger partial charge on any atom is 0.327 e. The van der Waals surface area contributed by atoms with Crippen molar-refractivity contribution in [1.82, 2.24) is 0 Å². The minimum Gasteiger partial charge on any atom is -0.478 e. The standard InChI is InChI=1S/C10H16O2/c11-10(12)8-7-9-5-3-1-2-4-6-9/h7-9H,1-6H2,(H,11,12)/b8-7-. The minimum absolute atomic E-state index is 0.517. The van der Waals surface area contributed by atoms with E-state index in [-0.39, 0.29) is 0 Å². The molecule has 68 valence electrons. The van der Waals surface area contributed by atoms with Gasteiger partial charge in [-0.05, 0) is 18.8 Å². The fraction of sp³-hybridized carbons (Fsp3) is 0.700. The summed E-state index contributed by atoms with van der Waals surface area (Å²) in [5.74, 6) is -0.303. The highest BCUT2D eigenvalue weighted by atomic mass is 16.4. The van der Waals surface area contributed by atoms with E-state index in [4.69, 9.17) is 5.11 Å². The summed E-state index contributed by atoms with van der Waals surface area (Å²) in [5.41, 5.74) is 0. The molecule has 0 spiro atoms. The van der Waals surface area contributed by atoms with Crippen LogP contribution in [0, 0.1) is 5.92 Å². The van der Waals surface area contributed by atoms with Gasteiger partial charge in [-0.15, -0.1) is 0 Å². The Morgan fingerprint density at radius 2 is 1.75 bits per heavy atom. The van der Waals surface area contributed by atoms with Crippen LogP contribution in [0.5, 0.6) is 0 Å². The molecule has 2 nitrogen and oxygen atoms in total. The molecule has 1 N–H and O–H groups in total. The predicted molar refractivity (Wildman–Crippen MR) is 48.0 cm³/mol. The number of carboxylic acids is 1. The topological polar surface area (TPSA) is 37.3 Å². The molecule has 1 saturated carbocycles. The molecule has 0 bridgehead atoms. The third-order valence-electron chi connectivity index (χ3n) is 2.41. The van der Waals surface area contributed by atoms with Gasteiger partial charge < -0.3 is 5.11 Å². The maximum absolute atomic E-state index is 10.2. The molecule has 1 aliphatic carbocycles. The Kier molecular flexibility index (Phi) is 3.85. The van der Waals surface area contributed by atoms with Crippen LogP contribution < -0.4 is 0 Å². The third-order valence-corrected chi connectivity index (χ3v) is 2.41. The third kappa shape index (κ3) is 3.56. The summed E-state index contributed by atoms with van der Waals surface area (Å²) in [7, 11) is 0. The van der Waals surface area contributed by atoms with E-state index >= 15 is 0 Å². The van der Waals surface area contributed by atoms with E-state index in [1.54, 1.807) is 0 Å². The van der Waals surface area contributed by atoms with Crippen molar-refractivity contribution in [3.8, 4) is 0 Å². The molecule has 0 unspecified atom stereocenters. The Bertz CT molecular complexity index is 165. The van der Waals surface area contributed by atoms with Gasteiger partial charge in [0.1, 0.15) is 0 Å². The Morgan fingerprint density at radius 1 is 1.17 bits per heavy atom. The Morgan fingerprint density at radius 3 is 2.25 bits per heavy atom. The smallest absolute Gasteiger partial charge is 0.327 e. The largest absolute Gasteiger partial charge is 0.478 e. The lowest BCUT2D eigenvalue weighted by Gasteiger charge is -2.06. The molecule has 0 amide bonds. The first-order valence-electron chi connectivity index (χ1n) is 4.70. The van der Waals surface area contributed by atoms with E-state index in [2.05, 4.69) is 0 Å². The summed E-state index contributed by atoms with van der Waals surface area (Å²) < 4.78 is 0. The van der Waals surface area contributed by atoms with Crippen LogP contribution in [-0.4, -0.2) is 11.1 Å². The summed E-state index contributed by atoms with van der Waals surface area (Å²) >= 11 is 0. The second-order valence-corrected chi connectivity index (χ2v) is 3.45. The summed E-state index contributed by atoms with van der Waals surface area (Å²) in [6.45, 7) is 0. The maximum atomic E-state index is 10.2. The zero-order valence-corrected chi connectivity index (χ0v) is 7.33. The van der Waals surface area contributed by atoms with Crippen molar-refractivity contribution >= 4 is 5.97 Å². The number of hydrogen-bond acceptors (Lipinski definition) is 1. The van der Waals surface area contributed by atoms with Gasteiger partial charge in [-0.1, -0.05) is 31.8 Å². The molecule has 1 aliphatic rings. The normalized spacial score (nSPS) is 21.0. The average Bonchev–Trinajstić information content (AvgIpc) is 2.28. The summed E-state index contributed by atoms with van der Waals surface area (Å²) in [4.78, 5) is 10.2. The second-order valence-electron chi connectivity index (χ2n) is 3.45. The van der Waals surface area contributed by atoms with Crippen LogP contribution in [0.1, 0.15) is 38.5 Å². The van der Waals surface area contributed by atoms with Crippen LogP contribution in [0.4, 0.5) is 0 Å². The van der Waals surface area contributed by atoms with E-state index in [9.17, 15) is 4.79 Å². The minimum atomic E-state index is -0.820. The number of rotatable bonds is 2. The van der Waals surface area contributed by atoms with Gasteiger partial charge in [0.15, 0.2) is 0 Å². The molecular formula is C10H16O2. The monoisotopic (exact) mass is 168 g/mol. The fourth-order valence-corrected chi connectivity index (χ4v) is 1.72. The van der Waals surface area contributed by atoms with Gasteiger partial charge in [0.25, 0.3) is 0 Å². The van der Waals surface area contributed by atoms with Crippen LogP contribution in [0.2, 0.25) is 0 Å². The lowest BCUT2D eigenvalue weighted by Crippen LogP contribution is -1.95. The molecular weight excluding hydrogens is 152 g/mol. The molecule has 0 saturated heterocycles. The highest BCUT2D eigenvalue weighted by Crippen LogP contribution is 2.23. The van der Waals surface area contributed by atoms with Gasteiger partial charge in [0.05, 0.1) is 0 Å². The van der Waals surface area contributed by atoms with Crippen molar-refractivity contribution in [1.29, 1.82) is 0 Å². The van der Waals surface area contributed by atoms with Crippen molar-refractivity contribution < 1.29 is 9.90 Å². The number of carboxylic acid groups (broad SMARTS) is 1. The number of allylic oxidation sites excluding steroid dienone is 1. The van der Waals surface area contributed by atoms with Gasteiger partial charge >= 0.3 is 5.97 Å². The highest BCUT2D eigenvalue weighted by Gasteiger charge is 2.08. The lowest BCUT2D eigenvalue weighted by atomic mass is 10.0. The molecule has 0 aliphatic heterocycles. The Labute approximate surface area is 73.3 Å².